The molecule has 1 saturated carbocycles. The van der Waals surface area contributed by atoms with Crippen LogP contribution >= 0.6 is 0 Å². The van der Waals surface area contributed by atoms with Crippen LogP contribution in [0.4, 0.5) is 11.5 Å². The zero-order valence-corrected chi connectivity index (χ0v) is 11.9. The van der Waals surface area contributed by atoms with E-state index in [1.165, 1.54) is 6.07 Å². The van der Waals surface area contributed by atoms with Crippen LogP contribution in [0.2, 0.25) is 0 Å². The Bertz CT molecular complexity index is 506. The molecule has 6 heteroatoms. The van der Waals surface area contributed by atoms with Crippen molar-refractivity contribution in [2.45, 2.75) is 45.1 Å². The number of anilines is 1. The van der Waals surface area contributed by atoms with Crippen LogP contribution in [0.25, 0.3) is 0 Å². The Morgan fingerprint density at radius 3 is 2.95 bits per heavy atom. The third-order valence-electron chi connectivity index (χ3n) is 3.92. The summed E-state index contributed by atoms with van der Waals surface area (Å²) in [6.07, 6.45) is 3.77. The highest BCUT2D eigenvalue weighted by Crippen LogP contribution is 2.32. The molecule has 2 rings (SSSR count). The Morgan fingerprint density at radius 2 is 2.35 bits per heavy atom. The number of hydrogen-bond donors (Lipinski definition) is 2. The summed E-state index contributed by atoms with van der Waals surface area (Å²) in [7, 11) is 0. The molecule has 0 amide bonds. The summed E-state index contributed by atoms with van der Waals surface area (Å²) in [6, 6.07) is 3.03. The van der Waals surface area contributed by atoms with Crippen molar-refractivity contribution in [1.82, 2.24) is 4.98 Å². The normalized spacial score (nSPS) is 26.2. The third-order valence-corrected chi connectivity index (χ3v) is 3.92. The van der Waals surface area contributed by atoms with Crippen LogP contribution in [0.3, 0.4) is 0 Å². The molecule has 1 aliphatic rings. The number of aliphatic hydroxyl groups is 1. The van der Waals surface area contributed by atoms with Crippen molar-refractivity contribution in [1.29, 1.82) is 0 Å². The summed E-state index contributed by atoms with van der Waals surface area (Å²) < 4.78 is 0. The number of hydrogen-bond acceptors (Lipinski definition) is 5. The maximum absolute atomic E-state index is 10.7. The Kier molecular flexibility index (Phi) is 4.23. The smallest absolute Gasteiger partial charge is 0.290 e. The van der Waals surface area contributed by atoms with Crippen molar-refractivity contribution in [2.24, 2.45) is 5.92 Å². The predicted octanol–water partition coefficient (Wildman–Crippen LogP) is 2.65. The third kappa shape index (κ3) is 3.45. The van der Waals surface area contributed by atoms with Gasteiger partial charge in [0.25, 0.3) is 5.69 Å². The molecule has 110 valence electrons. The van der Waals surface area contributed by atoms with Crippen LogP contribution in [0.15, 0.2) is 12.1 Å². The van der Waals surface area contributed by atoms with Crippen LogP contribution < -0.4 is 5.32 Å². The molecular formula is C14H21N3O3. The number of nitrogens with one attached hydrogen (secondary N) is 1. The second kappa shape index (κ2) is 5.75. The van der Waals surface area contributed by atoms with Crippen LogP contribution in [0.1, 0.15) is 38.3 Å². The van der Waals surface area contributed by atoms with Gasteiger partial charge >= 0.3 is 0 Å². The van der Waals surface area contributed by atoms with Gasteiger partial charge in [-0.3, -0.25) is 10.1 Å². The minimum absolute atomic E-state index is 0.0144. The second-order valence-corrected chi connectivity index (χ2v) is 5.84. The molecule has 1 aromatic heterocycles. The molecule has 6 nitrogen and oxygen atoms in total. The molecule has 0 spiro atoms. The van der Waals surface area contributed by atoms with E-state index in [9.17, 15) is 15.2 Å². The number of aryl methyl sites for hydroxylation is 1. The quantitative estimate of drug-likeness (QED) is 0.653. The van der Waals surface area contributed by atoms with Crippen LogP contribution in [0, 0.1) is 23.0 Å². The van der Waals surface area contributed by atoms with Crippen molar-refractivity contribution in [2.75, 3.05) is 11.9 Å². The highest BCUT2D eigenvalue weighted by Gasteiger charge is 2.32. The number of rotatable bonds is 4. The van der Waals surface area contributed by atoms with E-state index in [2.05, 4.69) is 17.2 Å². The number of nitro groups is 1. The molecule has 1 fully saturated rings. The van der Waals surface area contributed by atoms with Gasteiger partial charge in [0, 0.05) is 12.6 Å². The van der Waals surface area contributed by atoms with Crippen LogP contribution in [-0.4, -0.2) is 27.2 Å². The summed E-state index contributed by atoms with van der Waals surface area (Å²) in [6.45, 7) is 4.20. The molecule has 2 N–H and O–H groups in total. The molecular weight excluding hydrogens is 258 g/mol. The van der Waals surface area contributed by atoms with Gasteiger partial charge in [0.1, 0.15) is 11.5 Å². The first-order chi connectivity index (χ1) is 9.39. The lowest BCUT2D eigenvalue weighted by Gasteiger charge is -2.35. The summed E-state index contributed by atoms with van der Waals surface area (Å²) in [4.78, 5) is 14.5. The molecule has 2 unspecified atom stereocenters. The van der Waals surface area contributed by atoms with Crippen molar-refractivity contribution >= 4 is 11.5 Å². The summed E-state index contributed by atoms with van der Waals surface area (Å²) in [5, 5.41) is 24.3. The second-order valence-electron chi connectivity index (χ2n) is 5.84. The molecule has 0 aromatic carbocycles. The van der Waals surface area contributed by atoms with Crippen LogP contribution in [-0.2, 0) is 0 Å². The first-order valence-electron chi connectivity index (χ1n) is 6.98. The molecule has 1 aliphatic carbocycles. The molecule has 1 aromatic rings. The van der Waals surface area contributed by atoms with Crippen LogP contribution in [0.5, 0.6) is 0 Å². The van der Waals surface area contributed by atoms with Crippen molar-refractivity contribution in [3.63, 3.8) is 0 Å². The zero-order chi connectivity index (χ0) is 14.8. The number of nitrogens with zero attached hydrogens (tertiary/aromatic N) is 2. The predicted molar refractivity (Wildman–Crippen MR) is 76.7 cm³/mol. The van der Waals surface area contributed by atoms with E-state index in [4.69, 9.17) is 0 Å². The lowest BCUT2D eigenvalue weighted by Crippen LogP contribution is -2.41. The fourth-order valence-corrected chi connectivity index (χ4v) is 2.89. The fraction of sp³-hybridized carbons (Fsp3) is 0.643. The van der Waals surface area contributed by atoms with E-state index >= 15 is 0 Å². The minimum Gasteiger partial charge on any atom is -0.388 e. The Balaban J connectivity index is 2.00. The van der Waals surface area contributed by atoms with Gasteiger partial charge in [0.15, 0.2) is 0 Å². The van der Waals surface area contributed by atoms with Gasteiger partial charge in [0.05, 0.1) is 10.5 Å². The topological polar surface area (TPSA) is 88.3 Å². The Morgan fingerprint density at radius 1 is 1.60 bits per heavy atom. The average molecular weight is 279 g/mol. The van der Waals surface area contributed by atoms with E-state index in [0.29, 0.717) is 24.0 Å². The van der Waals surface area contributed by atoms with Crippen molar-refractivity contribution in [3.8, 4) is 0 Å². The summed E-state index contributed by atoms with van der Waals surface area (Å²) >= 11 is 0. The minimum atomic E-state index is -0.699. The van der Waals surface area contributed by atoms with E-state index in [-0.39, 0.29) is 5.69 Å². The van der Waals surface area contributed by atoms with Gasteiger partial charge in [0.2, 0.25) is 0 Å². The lowest BCUT2D eigenvalue weighted by atomic mass is 9.79. The maximum Gasteiger partial charge on any atom is 0.290 e. The number of pyridine rings is 1. The molecule has 0 radical (unpaired) electrons. The van der Waals surface area contributed by atoms with E-state index in [0.717, 1.165) is 25.7 Å². The first-order valence-corrected chi connectivity index (χ1v) is 6.98. The maximum atomic E-state index is 10.7. The van der Waals surface area contributed by atoms with Gasteiger partial charge in [-0.25, -0.2) is 4.98 Å². The molecule has 20 heavy (non-hydrogen) atoms. The van der Waals surface area contributed by atoms with Gasteiger partial charge in [-0.1, -0.05) is 19.8 Å². The Labute approximate surface area is 118 Å². The SMILES string of the molecule is Cc1nc(NCC2(O)CCCC(C)C2)ccc1[N+](=O)[O-]. The molecule has 0 aliphatic heterocycles. The number of aromatic nitrogens is 1. The highest BCUT2D eigenvalue weighted by molar-refractivity contribution is 5.45. The zero-order valence-electron chi connectivity index (χ0n) is 11.9. The van der Waals surface area contributed by atoms with E-state index in [1.54, 1.807) is 13.0 Å². The lowest BCUT2D eigenvalue weighted by molar-refractivity contribution is -0.385. The van der Waals surface area contributed by atoms with Crippen molar-refractivity contribution < 1.29 is 10.0 Å². The van der Waals surface area contributed by atoms with Crippen molar-refractivity contribution in [3.05, 3.63) is 27.9 Å². The molecule has 1 heterocycles. The van der Waals surface area contributed by atoms with Gasteiger partial charge in [-0.2, -0.15) is 0 Å². The van der Waals surface area contributed by atoms with E-state index in [1.807, 2.05) is 0 Å². The van der Waals surface area contributed by atoms with E-state index < -0.39 is 10.5 Å². The summed E-state index contributed by atoms with van der Waals surface area (Å²) in [5.74, 6) is 1.10. The first kappa shape index (κ1) is 14.7. The highest BCUT2D eigenvalue weighted by atomic mass is 16.6. The molecule has 0 saturated heterocycles. The van der Waals surface area contributed by atoms with Gasteiger partial charge in [-0.15, -0.1) is 0 Å². The fourth-order valence-electron chi connectivity index (χ4n) is 2.89. The standard InChI is InChI=1S/C14H21N3O3/c1-10-4-3-7-14(18,8-10)9-15-13-6-5-12(17(19)20)11(2)16-13/h5-6,10,18H,3-4,7-9H2,1-2H3,(H,15,16). The largest absolute Gasteiger partial charge is 0.388 e. The summed E-state index contributed by atoms with van der Waals surface area (Å²) in [5.41, 5.74) is -0.306. The average Bonchev–Trinajstić information content (AvgIpc) is 2.36. The van der Waals surface area contributed by atoms with Gasteiger partial charge in [-0.05, 0) is 31.7 Å². The van der Waals surface area contributed by atoms with Gasteiger partial charge < -0.3 is 10.4 Å². The molecule has 2 atom stereocenters. The Hall–Kier alpha value is -1.69. The monoisotopic (exact) mass is 279 g/mol. The molecule has 0 bridgehead atoms.